The lowest BCUT2D eigenvalue weighted by molar-refractivity contribution is -0.113. The molecule has 6 nitrogen and oxygen atoms in total. The van der Waals surface area contributed by atoms with E-state index in [-0.39, 0.29) is 11.7 Å². The van der Waals surface area contributed by atoms with Crippen molar-refractivity contribution in [3.8, 4) is 5.75 Å². The molecule has 1 saturated carbocycles. The zero-order chi connectivity index (χ0) is 18.4. The maximum absolute atomic E-state index is 12.2. The molecule has 2 aromatic rings. The fourth-order valence-electron chi connectivity index (χ4n) is 3.20. The summed E-state index contributed by atoms with van der Waals surface area (Å²) in [7, 11) is 1.61. The van der Waals surface area contributed by atoms with Crippen LogP contribution in [0.3, 0.4) is 0 Å². The number of carbonyl (C=O) groups is 1. The van der Waals surface area contributed by atoms with Gasteiger partial charge in [0.25, 0.3) is 0 Å². The Hall–Kier alpha value is -2.28. The van der Waals surface area contributed by atoms with Crippen LogP contribution in [0.25, 0.3) is 0 Å². The first-order valence-electron chi connectivity index (χ1n) is 8.82. The van der Waals surface area contributed by atoms with Crippen LogP contribution in [0.15, 0.2) is 42.1 Å². The van der Waals surface area contributed by atoms with Gasteiger partial charge < -0.3 is 14.6 Å². The quantitative estimate of drug-likeness (QED) is 0.563. The Morgan fingerprint density at radius 2 is 2.08 bits per heavy atom. The Bertz CT molecular complexity index is 751. The van der Waals surface area contributed by atoms with Gasteiger partial charge in [-0.2, -0.15) is 0 Å². The molecule has 0 radical (unpaired) electrons. The van der Waals surface area contributed by atoms with Gasteiger partial charge in [-0.25, -0.2) is 0 Å². The van der Waals surface area contributed by atoms with E-state index in [2.05, 4.69) is 26.7 Å². The van der Waals surface area contributed by atoms with Crippen molar-refractivity contribution in [2.45, 2.75) is 43.3 Å². The van der Waals surface area contributed by atoms with Gasteiger partial charge in [0.05, 0.1) is 12.9 Å². The fraction of sp³-hybridized carbons (Fsp3) is 0.421. The number of hydrogen-bond acceptors (Lipinski definition) is 5. The predicted octanol–water partition coefficient (Wildman–Crippen LogP) is 3.86. The number of amides is 1. The monoisotopic (exact) mass is 372 g/mol. The number of benzene rings is 1. The molecule has 26 heavy (non-hydrogen) atoms. The van der Waals surface area contributed by atoms with Gasteiger partial charge in [-0.3, -0.25) is 4.79 Å². The molecule has 1 amide bonds. The van der Waals surface area contributed by atoms with E-state index in [0.717, 1.165) is 35.3 Å². The minimum absolute atomic E-state index is 0.0734. The lowest BCUT2D eigenvalue weighted by Crippen LogP contribution is -2.15. The highest BCUT2D eigenvalue weighted by atomic mass is 32.2. The molecule has 0 unspecified atom stereocenters. The standard InChI is InChI=1S/C19H24N4O2S/c1-3-12-23-18(14-6-4-5-7-14)21-22-19(23)26-13-17(24)20-15-8-10-16(25-2)11-9-15/h3,8-11,14H,1,4-7,12-13H2,2H3,(H,20,24). The Balaban J connectivity index is 1.61. The fourth-order valence-corrected chi connectivity index (χ4v) is 3.95. The summed E-state index contributed by atoms with van der Waals surface area (Å²) in [4.78, 5) is 12.2. The average Bonchev–Trinajstić information content (AvgIpc) is 3.31. The summed E-state index contributed by atoms with van der Waals surface area (Å²) < 4.78 is 7.21. The van der Waals surface area contributed by atoms with Crippen LogP contribution in [0.2, 0.25) is 0 Å². The molecule has 1 N–H and O–H groups in total. The summed E-state index contributed by atoms with van der Waals surface area (Å²) in [5, 5.41) is 12.4. The number of carbonyl (C=O) groups excluding carboxylic acids is 1. The summed E-state index contributed by atoms with van der Waals surface area (Å²) >= 11 is 1.41. The number of ether oxygens (including phenoxy) is 1. The van der Waals surface area contributed by atoms with Gasteiger partial charge in [-0.15, -0.1) is 16.8 Å². The first kappa shape index (κ1) is 18.5. The zero-order valence-corrected chi connectivity index (χ0v) is 15.8. The van der Waals surface area contributed by atoms with E-state index in [9.17, 15) is 4.79 Å². The molecule has 0 bridgehead atoms. The van der Waals surface area contributed by atoms with Crippen LogP contribution in [0.1, 0.15) is 37.4 Å². The van der Waals surface area contributed by atoms with Gasteiger partial charge in [0.1, 0.15) is 11.6 Å². The Kier molecular flexibility index (Phi) is 6.33. The number of hydrogen-bond donors (Lipinski definition) is 1. The molecule has 1 heterocycles. The van der Waals surface area contributed by atoms with Crippen molar-refractivity contribution in [2.24, 2.45) is 0 Å². The maximum atomic E-state index is 12.2. The van der Waals surface area contributed by atoms with Crippen LogP contribution >= 0.6 is 11.8 Å². The molecule has 0 atom stereocenters. The van der Waals surface area contributed by atoms with E-state index in [1.54, 1.807) is 7.11 Å². The molecule has 1 aromatic heterocycles. The third-order valence-electron chi connectivity index (χ3n) is 4.48. The van der Waals surface area contributed by atoms with E-state index in [4.69, 9.17) is 4.74 Å². The first-order valence-corrected chi connectivity index (χ1v) is 9.80. The van der Waals surface area contributed by atoms with E-state index in [1.807, 2.05) is 30.3 Å². The van der Waals surface area contributed by atoms with Gasteiger partial charge in [0.2, 0.25) is 5.91 Å². The van der Waals surface area contributed by atoms with E-state index in [1.165, 1.54) is 24.6 Å². The average molecular weight is 372 g/mol. The summed E-state index contributed by atoms with van der Waals surface area (Å²) in [6.45, 7) is 4.50. The molecule has 138 valence electrons. The van der Waals surface area contributed by atoms with E-state index >= 15 is 0 Å². The molecular weight excluding hydrogens is 348 g/mol. The highest BCUT2D eigenvalue weighted by molar-refractivity contribution is 7.99. The molecule has 1 aromatic carbocycles. The Morgan fingerprint density at radius 3 is 2.73 bits per heavy atom. The van der Waals surface area contributed by atoms with E-state index < -0.39 is 0 Å². The summed E-state index contributed by atoms with van der Waals surface area (Å²) in [5.41, 5.74) is 0.746. The van der Waals surface area contributed by atoms with Crippen molar-refractivity contribution in [1.29, 1.82) is 0 Å². The largest absolute Gasteiger partial charge is 0.497 e. The topological polar surface area (TPSA) is 69.0 Å². The van der Waals surface area contributed by atoms with Gasteiger partial charge >= 0.3 is 0 Å². The minimum Gasteiger partial charge on any atom is -0.497 e. The predicted molar refractivity (Wildman–Crippen MR) is 104 cm³/mol. The summed E-state index contributed by atoms with van der Waals surface area (Å²) in [5.74, 6) is 2.47. The molecule has 0 aliphatic heterocycles. The second-order valence-electron chi connectivity index (χ2n) is 6.29. The van der Waals surface area contributed by atoms with Crippen LogP contribution in [-0.4, -0.2) is 33.5 Å². The van der Waals surface area contributed by atoms with E-state index in [0.29, 0.717) is 12.5 Å². The number of rotatable bonds is 8. The molecule has 0 saturated heterocycles. The highest BCUT2D eigenvalue weighted by Crippen LogP contribution is 2.34. The van der Waals surface area contributed by atoms with Crippen molar-refractivity contribution >= 4 is 23.4 Å². The number of methoxy groups -OCH3 is 1. The lowest BCUT2D eigenvalue weighted by Gasteiger charge is -2.12. The number of anilines is 1. The van der Waals surface area contributed by atoms with Crippen LogP contribution in [0, 0.1) is 0 Å². The van der Waals surface area contributed by atoms with Gasteiger partial charge in [-0.05, 0) is 37.1 Å². The molecular formula is C19H24N4O2S. The van der Waals surface area contributed by atoms with Gasteiger partial charge in [-0.1, -0.05) is 30.7 Å². The van der Waals surface area contributed by atoms with Crippen LogP contribution < -0.4 is 10.1 Å². The number of allylic oxidation sites excluding steroid dienone is 1. The third-order valence-corrected chi connectivity index (χ3v) is 5.45. The van der Waals surface area contributed by atoms with Gasteiger partial charge in [0.15, 0.2) is 5.16 Å². The van der Waals surface area contributed by atoms with Crippen molar-refractivity contribution in [2.75, 3.05) is 18.2 Å². The van der Waals surface area contributed by atoms with Crippen molar-refractivity contribution in [1.82, 2.24) is 14.8 Å². The van der Waals surface area contributed by atoms with Crippen LogP contribution in [0.4, 0.5) is 5.69 Å². The number of nitrogens with one attached hydrogen (secondary N) is 1. The first-order chi connectivity index (χ1) is 12.7. The second-order valence-corrected chi connectivity index (χ2v) is 7.23. The van der Waals surface area contributed by atoms with Crippen LogP contribution in [0.5, 0.6) is 5.75 Å². The Labute approximate surface area is 158 Å². The van der Waals surface area contributed by atoms with Crippen molar-refractivity contribution < 1.29 is 9.53 Å². The Morgan fingerprint density at radius 1 is 1.35 bits per heavy atom. The minimum atomic E-state index is -0.0734. The molecule has 0 spiro atoms. The molecule has 1 aliphatic rings. The number of aromatic nitrogens is 3. The van der Waals surface area contributed by atoms with Gasteiger partial charge in [0, 0.05) is 18.2 Å². The SMILES string of the molecule is C=CCn1c(SCC(=O)Nc2ccc(OC)cc2)nnc1C1CCCC1. The van der Waals surface area contributed by atoms with Crippen molar-refractivity contribution in [3.05, 3.63) is 42.7 Å². The molecule has 3 rings (SSSR count). The smallest absolute Gasteiger partial charge is 0.234 e. The number of nitrogens with zero attached hydrogens (tertiary/aromatic N) is 3. The normalized spacial score (nSPS) is 14.3. The van der Waals surface area contributed by atoms with Crippen molar-refractivity contribution in [3.63, 3.8) is 0 Å². The lowest BCUT2D eigenvalue weighted by atomic mass is 10.1. The summed E-state index contributed by atoms with van der Waals surface area (Å²) in [6.07, 6.45) is 6.68. The number of thioether (sulfide) groups is 1. The summed E-state index contributed by atoms with van der Waals surface area (Å²) in [6, 6.07) is 7.27. The van der Waals surface area contributed by atoms with Crippen LogP contribution in [-0.2, 0) is 11.3 Å². The molecule has 1 aliphatic carbocycles. The zero-order valence-electron chi connectivity index (χ0n) is 15.0. The third kappa shape index (κ3) is 4.46. The molecule has 1 fully saturated rings. The maximum Gasteiger partial charge on any atom is 0.234 e. The highest BCUT2D eigenvalue weighted by Gasteiger charge is 2.24. The second kappa shape index (κ2) is 8.89. The molecule has 7 heteroatoms.